The summed E-state index contributed by atoms with van der Waals surface area (Å²) in [5.74, 6) is 2.71. The second-order valence-electron chi connectivity index (χ2n) is 14.5. The van der Waals surface area contributed by atoms with E-state index in [2.05, 4.69) is 67.3 Å². The van der Waals surface area contributed by atoms with Gasteiger partial charge in [0.15, 0.2) is 11.9 Å². The molecule has 3 rings (SSSR count). The Kier molecular flexibility index (Phi) is 19.4. The van der Waals surface area contributed by atoms with E-state index < -0.39 is 0 Å². The summed E-state index contributed by atoms with van der Waals surface area (Å²) >= 11 is 0. The first-order valence-corrected chi connectivity index (χ1v) is 18.9. The number of hydrogen-bond donors (Lipinski definition) is 5. The molecule has 0 unspecified atom stereocenters. The van der Waals surface area contributed by atoms with Crippen LogP contribution in [-0.2, 0) is 0 Å². The Balaban J connectivity index is 0.000000435. The second kappa shape index (κ2) is 22.6. The third-order valence-electron chi connectivity index (χ3n) is 9.63. The lowest BCUT2D eigenvalue weighted by Crippen LogP contribution is -2.48. The van der Waals surface area contributed by atoms with E-state index in [-0.39, 0.29) is 11.9 Å². The summed E-state index contributed by atoms with van der Waals surface area (Å²) < 4.78 is 0. The minimum atomic E-state index is 0.274. The maximum Gasteiger partial charge on any atom is 0.204 e. The van der Waals surface area contributed by atoms with Gasteiger partial charge in [-0.1, -0.05) is 54.6 Å². The highest BCUT2D eigenvalue weighted by molar-refractivity contribution is 6.06. The maximum absolute atomic E-state index is 8.40. The van der Waals surface area contributed by atoms with E-state index in [9.17, 15) is 0 Å². The molecule has 0 atom stereocenters. The van der Waals surface area contributed by atoms with Crippen molar-refractivity contribution in [3.8, 4) is 0 Å². The van der Waals surface area contributed by atoms with Gasteiger partial charge in [-0.2, -0.15) is 0 Å². The molecule has 318 valence electrons. The summed E-state index contributed by atoms with van der Waals surface area (Å²) in [6.07, 6.45) is 0. The molecule has 3 aromatic rings. The average molecular weight is 798 g/mol. The molecule has 0 amide bonds. The zero-order valence-corrected chi connectivity index (χ0v) is 38.7. The number of para-hydroxylation sites is 3. The Bertz CT molecular complexity index is 1880. The molecular weight excluding hydrogens is 727 g/mol. The van der Waals surface area contributed by atoms with Crippen molar-refractivity contribution < 1.29 is 0 Å². The highest BCUT2D eigenvalue weighted by atomic mass is 15.4. The van der Waals surface area contributed by atoms with Crippen molar-refractivity contribution in [1.82, 2.24) is 29.8 Å². The number of nitrogens with one attached hydrogen (secondary N) is 5. The number of aryl methyl sites for hydroxylation is 6. The predicted octanol–water partition coefficient (Wildman–Crippen LogP) is 6.07. The van der Waals surface area contributed by atoms with Gasteiger partial charge >= 0.3 is 0 Å². The Morgan fingerprint density at radius 2 is 0.724 bits per heavy atom. The summed E-state index contributed by atoms with van der Waals surface area (Å²) in [6, 6.07) is 18.4. The normalized spacial score (nSPS) is 10.8. The van der Waals surface area contributed by atoms with Crippen LogP contribution in [-0.4, -0.2) is 152 Å². The molecule has 0 aliphatic rings. The van der Waals surface area contributed by atoms with Crippen LogP contribution < -0.4 is 20.0 Å². The summed E-state index contributed by atoms with van der Waals surface area (Å²) in [6.45, 7) is 12.3. The molecule has 0 saturated heterocycles. The number of hydrogen-bond acceptors (Lipinski definition) is 6. The largest absolute Gasteiger partial charge is 0.359 e. The fourth-order valence-corrected chi connectivity index (χ4v) is 6.67. The molecule has 0 aromatic heterocycles. The van der Waals surface area contributed by atoms with Gasteiger partial charge in [0.2, 0.25) is 23.8 Å². The number of rotatable bonds is 3. The van der Waals surface area contributed by atoms with Crippen molar-refractivity contribution in [2.24, 2.45) is 9.98 Å². The molecule has 0 aliphatic heterocycles. The Labute approximate surface area is 349 Å². The number of anilines is 3. The van der Waals surface area contributed by atoms with Crippen LogP contribution in [0.2, 0.25) is 0 Å². The second-order valence-corrected chi connectivity index (χ2v) is 14.5. The third kappa shape index (κ3) is 12.4. The van der Waals surface area contributed by atoms with Crippen LogP contribution in [0.3, 0.4) is 0 Å². The molecule has 0 fully saturated rings. The van der Waals surface area contributed by atoms with Crippen LogP contribution in [0.1, 0.15) is 33.4 Å². The molecule has 0 bridgehead atoms. The average Bonchev–Trinajstić information content (AvgIpc) is 3.16. The van der Waals surface area contributed by atoms with Gasteiger partial charge in [0, 0.05) is 109 Å². The van der Waals surface area contributed by atoms with Gasteiger partial charge in [-0.3, -0.25) is 46.3 Å². The highest BCUT2D eigenvalue weighted by Crippen LogP contribution is 2.26. The zero-order chi connectivity index (χ0) is 44.8. The number of benzene rings is 3. The van der Waals surface area contributed by atoms with E-state index in [1.54, 1.807) is 61.9 Å². The summed E-state index contributed by atoms with van der Waals surface area (Å²) in [5.41, 5.74) is 10.0. The molecule has 58 heavy (non-hydrogen) atoms. The molecule has 0 aliphatic carbocycles. The summed E-state index contributed by atoms with van der Waals surface area (Å²) in [5, 5.41) is 35.8. The number of nitrogens with zero attached hydrogens (tertiary/aromatic N) is 10. The Morgan fingerprint density at radius 3 is 0.966 bits per heavy atom. The van der Waals surface area contributed by atoms with Gasteiger partial charge in [-0.15, -0.1) is 0 Å². The van der Waals surface area contributed by atoms with Crippen molar-refractivity contribution >= 4 is 52.8 Å². The molecule has 5 N–H and O–H groups in total. The smallest absolute Gasteiger partial charge is 0.204 e. The minimum Gasteiger partial charge on any atom is -0.359 e. The van der Waals surface area contributed by atoms with E-state index in [0.29, 0.717) is 17.9 Å². The van der Waals surface area contributed by atoms with Crippen molar-refractivity contribution in [2.75, 3.05) is 106 Å². The van der Waals surface area contributed by atoms with Crippen LogP contribution in [0.4, 0.5) is 17.1 Å². The maximum atomic E-state index is 8.40. The van der Waals surface area contributed by atoms with Gasteiger partial charge in [0.25, 0.3) is 0 Å². The SMILES string of the molecule is CN=C(N(C)C)N(C)C(=N)N(C)c1c(C)cccc1C.CN=C(NC)N(C)C(=N)N(C)c1c(C)cccc1C.Cc1cccc(C)c1N(C)C(=N)N(C)C(=N)N(C)C. The first-order valence-electron chi connectivity index (χ1n) is 18.9. The fraction of sp³-hybridized carbons (Fsp3) is 0.442. The molecule has 0 heterocycles. The Hall–Kier alpha value is -6.12. The standard InChI is InChI=1S/C15H25N5.2C14H23N5/c1-11-9-8-10-12(2)13(11)19(6)14(16)20(7)15(17-3)18(4)5;1-10-8-7-9-11(2)12(10)18(5)14(16)19(6)13(15)17(3)4;1-10-8-7-9-11(2)12(10)18(5)13(15)19(6)14(16-3)17-4/h8-10,16H,1-7H3;7-9,15-16H,1-6H3;7-9,15H,1-6H3,(H,16,17). The van der Waals surface area contributed by atoms with Crippen molar-refractivity contribution in [1.29, 1.82) is 21.6 Å². The first kappa shape index (κ1) is 49.9. The van der Waals surface area contributed by atoms with Crippen molar-refractivity contribution in [3.63, 3.8) is 0 Å². The highest BCUT2D eigenvalue weighted by Gasteiger charge is 2.21. The number of aliphatic imine (C=N–C) groups is 2. The van der Waals surface area contributed by atoms with Crippen LogP contribution in [0.5, 0.6) is 0 Å². The molecule has 0 spiro atoms. The summed E-state index contributed by atoms with van der Waals surface area (Å²) in [7, 11) is 23.8. The fourth-order valence-electron chi connectivity index (χ4n) is 6.67. The van der Waals surface area contributed by atoms with Crippen LogP contribution in [0.15, 0.2) is 64.6 Å². The quantitative estimate of drug-likeness (QED) is 0.157. The van der Waals surface area contributed by atoms with Crippen molar-refractivity contribution in [3.05, 3.63) is 88.0 Å². The topological polar surface area (TPSA) is 158 Å². The van der Waals surface area contributed by atoms with Crippen LogP contribution in [0.25, 0.3) is 0 Å². The van der Waals surface area contributed by atoms with Gasteiger partial charge in [-0.05, 0) is 74.9 Å². The first-order chi connectivity index (χ1) is 27.0. The third-order valence-corrected chi connectivity index (χ3v) is 9.63. The predicted molar refractivity (Wildman–Crippen MR) is 250 cm³/mol. The Morgan fingerprint density at radius 1 is 0.431 bits per heavy atom. The van der Waals surface area contributed by atoms with E-state index >= 15 is 0 Å². The molecule has 15 heteroatoms. The number of guanidine groups is 6. The molecule has 15 nitrogen and oxygen atoms in total. The van der Waals surface area contributed by atoms with E-state index in [1.807, 2.05) is 113 Å². The monoisotopic (exact) mass is 798 g/mol. The van der Waals surface area contributed by atoms with E-state index in [1.165, 1.54) is 0 Å². The van der Waals surface area contributed by atoms with Gasteiger partial charge in [0.1, 0.15) is 0 Å². The molecule has 0 radical (unpaired) electrons. The van der Waals surface area contributed by atoms with Gasteiger partial charge in [0.05, 0.1) is 0 Å². The van der Waals surface area contributed by atoms with Crippen LogP contribution >= 0.6 is 0 Å². The van der Waals surface area contributed by atoms with Crippen LogP contribution in [0, 0.1) is 63.2 Å². The minimum absolute atomic E-state index is 0.274. The van der Waals surface area contributed by atoms with Gasteiger partial charge < -0.3 is 29.8 Å². The van der Waals surface area contributed by atoms with Gasteiger partial charge in [-0.25, -0.2) is 0 Å². The molecule has 3 aromatic carbocycles. The molecular formula is C43H71N15. The molecule has 0 saturated carbocycles. The lowest BCUT2D eigenvalue weighted by Gasteiger charge is -2.32. The summed E-state index contributed by atoms with van der Waals surface area (Å²) in [4.78, 5) is 22.5. The lowest BCUT2D eigenvalue weighted by atomic mass is 10.1. The lowest BCUT2D eigenvalue weighted by molar-refractivity contribution is 0.520. The van der Waals surface area contributed by atoms with Crippen molar-refractivity contribution in [2.45, 2.75) is 41.5 Å². The van der Waals surface area contributed by atoms with E-state index in [0.717, 1.165) is 56.4 Å². The van der Waals surface area contributed by atoms with E-state index in [4.69, 9.17) is 21.6 Å². The zero-order valence-electron chi connectivity index (χ0n) is 38.7.